The Morgan fingerprint density at radius 3 is 2.45 bits per heavy atom. The number of nitriles is 1. The number of oxazole rings is 1. The molecule has 3 N–H and O–H groups in total. The van der Waals surface area contributed by atoms with Gasteiger partial charge in [-0.3, -0.25) is 13.9 Å². The minimum atomic E-state index is -4.50. The Kier molecular flexibility index (Phi) is 7.13. The van der Waals surface area contributed by atoms with Crippen molar-refractivity contribution in [3.63, 3.8) is 0 Å². The first-order valence-electron chi connectivity index (χ1n) is 12.9. The van der Waals surface area contributed by atoms with E-state index in [-0.39, 0.29) is 11.7 Å². The Hall–Kier alpha value is -2.75. The lowest BCUT2D eigenvalue weighted by atomic mass is 9.76. The fourth-order valence-electron chi connectivity index (χ4n) is 5.37. The van der Waals surface area contributed by atoms with Crippen LogP contribution < -0.4 is 10.2 Å². The summed E-state index contributed by atoms with van der Waals surface area (Å²) < 4.78 is 65.3. The smallest absolute Gasteiger partial charge is 0.397 e. The second kappa shape index (κ2) is 10.1. The maximum absolute atomic E-state index is 13.2. The van der Waals surface area contributed by atoms with Crippen molar-refractivity contribution >= 4 is 22.2 Å². The van der Waals surface area contributed by atoms with Gasteiger partial charge in [0.15, 0.2) is 0 Å². The summed E-state index contributed by atoms with van der Waals surface area (Å²) in [4.78, 5) is 19.5. The Labute approximate surface area is 220 Å². The highest BCUT2D eigenvalue weighted by molar-refractivity contribution is 8.24. The summed E-state index contributed by atoms with van der Waals surface area (Å²) in [6.45, 7) is 0.991. The molecule has 38 heavy (non-hydrogen) atoms. The summed E-state index contributed by atoms with van der Waals surface area (Å²) in [7, 11) is -2.53. The Morgan fingerprint density at radius 1 is 1.18 bits per heavy atom. The van der Waals surface area contributed by atoms with Crippen LogP contribution in [0, 0.1) is 17.2 Å². The third-order valence-corrected chi connectivity index (χ3v) is 9.37. The summed E-state index contributed by atoms with van der Waals surface area (Å²) in [5.74, 6) is -0.802. The number of nitrogens with one attached hydrogen (secondary N) is 1. The number of hydrogen-bond acceptors (Lipinski definition) is 7. The normalized spacial score (nSPS) is 25.3. The molecule has 0 radical (unpaired) electrons. The van der Waals surface area contributed by atoms with Crippen LogP contribution in [0.2, 0.25) is 0 Å². The minimum Gasteiger partial charge on any atom is -0.444 e. The Bertz CT molecular complexity index is 1210. The third-order valence-electron chi connectivity index (χ3n) is 7.70. The first kappa shape index (κ1) is 26.8. The number of amides is 1. The van der Waals surface area contributed by atoms with Crippen LogP contribution in [0.25, 0.3) is 11.3 Å². The summed E-state index contributed by atoms with van der Waals surface area (Å²) in [5.41, 5.74) is 0.921. The van der Waals surface area contributed by atoms with E-state index in [4.69, 9.17) is 4.42 Å². The van der Waals surface area contributed by atoms with Gasteiger partial charge in [0.05, 0.1) is 17.6 Å². The molecule has 1 aromatic carbocycles. The summed E-state index contributed by atoms with van der Waals surface area (Å²) in [5, 5.41) is 12.3. The number of halogens is 3. The zero-order chi connectivity index (χ0) is 27.1. The molecule has 206 valence electrons. The number of aromatic nitrogens is 1. The van der Waals surface area contributed by atoms with Crippen molar-refractivity contribution in [1.29, 1.82) is 5.26 Å². The van der Waals surface area contributed by atoms with Crippen molar-refractivity contribution in [2.45, 2.75) is 62.6 Å². The quantitative estimate of drug-likeness (QED) is 0.435. The standard InChI is InChI=1S/C26H31F3N4O4S/c27-26(28,29)15-21-31-22(17-5-7-18(8-6-17)33-11-13-38(35,36)14-12-33)23(37-21)19-3-1-2-4-20(19)24(34)32-25(16-30)9-10-25/h5-8,19-20,35-36H,1-4,9-15H2,(H,32,34)/t19-,20-/m1/s1. The van der Waals surface area contributed by atoms with E-state index in [0.29, 0.717) is 61.5 Å². The maximum atomic E-state index is 13.2. The summed E-state index contributed by atoms with van der Waals surface area (Å²) >= 11 is 0. The fourth-order valence-corrected chi connectivity index (χ4v) is 6.60. The number of carbonyl (C=O) groups excluding carboxylic acids is 1. The van der Waals surface area contributed by atoms with E-state index in [1.165, 1.54) is 0 Å². The first-order valence-corrected chi connectivity index (χ1v) is 14.7. The molecular weight excluding hydrogens is 521 g/mol. The molecule has 0 bridgehead atoms. The van der Waals surface area contributed by atoms with Crippen LogP contribution in [0.15, 0.2) is 28.7 Å². The van der Waals surface area contributed by atoms with Crippen LogP contribution in [0.4, 0.5) is 18.9 Å². The molecule has 1 amide bonds. The SMILES string of the molecule is N#CC1(NC(=O)[C@@H]2CCCC[C@H]2c2oc(CC(F)(F)F)nc2-c2ccc(N3CCS(O)(O)CC3)cc2)CC1. The van der Waals surface area contributed by atoms with E-state index in [1.807, 2.05) is 17.0 Å². The average molecular weight is 553 g/mol. The number of alkyl halides is 3. The van der Waals surface area contributed by atoms with E-state index in [2.05, 4.69) is 16.4 Å². The van der Waals surface area contributed by atoms with Gasteiger partial charge in [0.25, 0.3) is 0 Å². The lowest BCUT2D eigenvalue weighted by Crippen LogP contribution is -2.42. The number of anilines is 1. The van der Waals surface area contributed by atoms with Crippen LogP contribution in [-0.2, 0) is 11.2 Å². The van der Waals surface area contributed by atoms with Crippen molar-refractivity contribution in [2.24, 2.45) is 5.92 Å². The van der Waals surface area contributed by atoms with Gasteiger partial charge in [-0.25, -0.2) is 4.98 Å². The molecule has 2 aromatic rings. The highest BCUT2D eigenvalue weighted by atomic mass is 32.3. The molecule has 0 unspecified atom stereocenters. The van der Waals surface area contributed by atoms with E-state index in [9.17, 15) is 32.3 Å². The van der Waals surface area contributed by atoms with Gasteiger partial charge >= 0.3 is 6.18 Å². The number of carbonyl (C=O) groups is 1. The van der Waals surface area contributed by atoms with Crippen molar-refractivity contribution in [1.82, 2.24) is 10.3 Å². The van der Waals surface area contributed by atoms with Crippen molar-refractivity contribution in [3.8, 4) is 17.3 Å². The third kappa shape index (κ3) is 5.95. The van der Waals surface area contributed by atoms with Gasteiger partial charge in [-0.15, -0.1) is 0 Å². The molecule has 1 saturated heterocycles. The van der Waals surface area contributed by atoms with E-state index in [0.717, 1.165) is 18.5 Å². The maximum Gasteiger partial charge on any atom is 0.397 e. The molecular formula is C26H31F3N4O4S. The Balaban J connectivity index is 1.44. The first-order chi connectivity index (χ1) is 18.0. The molecule has 3 aliphatic rings. The largest absolute Gasteiger partial charge is 0.444 e. The van der Waals surface area contributed by atoms with Gasteiger partial charge in [0, 0.05) is 36.2 Å². The molecule has 2 aliphatic carbocycles. The van der Waals surface area contributed by atoms with Crippen LogP contribution in [0.5, 0.6) is 0 Å². The van der Waals surface area contributed by atoms with Crippen molar-refractivity contribution < 1.29 is 31.5 Å². The number of rotatable bonds is 6. The zero-order valence-electron chi connectivity index (χ0n) is 20.8. The van der Waals surface area contributed by atoms with Gasteiger partial charge in [-0.1, -0.05) is 25.0 Å². The second-order valence-electron chi connectivity index (χ2n) is 10.5. The number of hydrogen-bond donors (Lipinski definition) is 3. The van der Waals surface area contributed by atoms with Gasteiger partial charge in [-0.05, 0) is 37.8 Å². The summed E-state index contributed by atoms with van der Waals surface area (Å²) in [6, 6.07) is 9.37. The molecule has 2 saturated carbocycles. The van der Waals surface area contributed by atoms with E-state index >= 15 is 0 Å². The monoisotopic (exact) mass is 552 g/mol. The van der Waals surface area contributed by atoms with Gasteiger partial charge in [-0.2, -0.15) is 29.0 Å². The summed E-state index contributed by atoms with van der Waals surface area (Å²) in [6.07, 6.45) is -1.87. The van der Waals surface area contributed by atoms with Crippen molar-refractivity contribution in [3.05, 3.63) is 35.9 Å². The van der Waals surface area contributed by atoms with E-state index < -0.39 is 46.5 Å². The fraction of sp³-hybridized carbons (Fsp3) is 0.577. The zero-order valence-corrected chi connectivity index (χ0v) is 21.7. The molecule has 12 heteroatoms. The predicted octanol–water partition coefficient (Wildman–Crippen LogP) is 5.46. The van der Waals surface area contributed by atoms with Gasteiger partial charge in [0.2, 0.25) is 11.8 Å². The average Bonchev–Trinajstić information content (AvgIpc) is 3.53. The van der Waals surface area contributed by atoms with Gasteiger partial charge in [0.1, 0.15) is 23.4 Å². The highest BCUT2D eigenvalue weighted by Crippen LogP contribution is 2.45. The highest BCUT2D eigenvalue weighted by Gasteiger charge is 2.47. The topological polar surface area (TPSA) is 123 Å². The van der Waals surface area contributed by atoms with Crippen molar-refractivity contribution in [2.75, 3.05) is 29.5 Å². The molecule has 3 fully saturated rings. The van der Waals surface area contributed by atoms with Crippen LogP contribution in [-0.4, -0.2) is 56.3 Å². The molecule has 2 atom stereocenters. The lowest BCUT2D eigenvalue weighted by Gasteiger charge is -2.41. The molecule has 5 rings (SSSR count). The number of benzene rings is 1. The molecule has 2 heterocycles. The van der Waals surface area contributed by atoms with E-state index in [1.54, 1.807) is 12.1 Å². The minimum absolute atomic E-state index is 0.264. The predicted molar refractivity (Wildman–Crippen MR) is 137 cm³/mol. The second-order valence-corrected chi connectivity index (χ2v) is 13.0. The molecule has 8 nitrogen and oxygen atoms in total. The Morgan fingerprint density at radius 2 is 1.84 bits per heavy atom. The molecule has 0 spiro atoms. The van der Waals surface area contributed by atoms with Gasteiger partial charge < -0.3 is 14.6 Å². The number of nitrogens with zero attached hydrogens (tertiary/aromatic N) is 3. The molecule has 1 aliphatic heterocycles. The lowest BCUT2D eigenvalue weighted by molar-refractivity contribution is -0.131. The van der Waals surface area contributed by atoms with Crippen LogP contribution in [0.1, 0.15) is 56.1 Å². The van der Waals surface area contributed by atoms with Crippen LogP contribution in [0.3, 0.4) is 0 Å². The molecule has 1 aromatic heterocycles. The van der Waals surface area contributed by atoms with Crippen LogP contribution >= 0.6 is 10.6 Å².